The van der Waals surface area contributed by atoms with E-state index < -0.39 is 0 Å². The quantitative estimate of drug-likeness (QED) is 0.866. The Kier molecular flexibility index (Phi) is 3.78. The average molecular weight is 259 g/mol. The van der Waals surface area contributed by atoms with Gasteiger partial charge in [0.15, 0.2) is 0 Å². The molecule has 1 aromatic rings. The first kappa shape index (κ1) is 12.2. The highest BCUT2D eigenvalue weighted by atomic mass is 35.5. The Labute approximate surface area is 106 Å². The molecular formula is C13H16Cl2O. The van der Waals surface area contributed by atoms with Gasteiger partial charge in [0.25, 0.3) is 0 Å². The van der Waals surface area contributed by atoms with Gasteiger partial charge < -0.3 is 5.11 Å². The third-order valence-electron chi connectivity index (χ3n) is 3.57. The smallest absolute Gasteiger partial charge is 0.0490 e. The Hall–Kier alpha value is -0.240. The molecule has 1 aromatic carbocycles. The molecule has 0 atom stereocenters. The van der Waals surface area contributed by atoms with Crippen molar-refractivity contribution in [2.75, 3.05) is 6.61 Å². The first-order valence-electron chi connectivity index (χ1n) is 5.70. The summed E-state index contributed by atoms with van der Waals surface area (Å²) in [6, 6.07) is 5.55. The normalized spacial score (nSPS) is 18.9. The van der Waals surface area contributed by atoms with Crippen molar-refractivity contribution in [1.82, 2.24) is 0 Å². The van der Waals surface area contributed by atoms with E-state index in [0.717, 1.165) is 29.8 Å². The average Bonchev–Trinajstić information content (AvgIpc) is 2.73. The van der Waals surface area contributed by atoms with E-state index in [1.807, 2.05) is 12.1 Å². The van der Waals surface area contributed by atoms with Gasteiger partial charge in [0, 0.05) is 16.7 Å². The molecule has 0 aliphatic heterocycles. The second kappa shape index (κ2) is 4.95. The second-order valence-electron chi connectivity index (χ2n) is 4.78. The van der Waals surface area contributed by atoms with Crippen molar-refractivity contribution in [2.45, 2.75) is 32.1 Å². The summed E-state index contributed by atoms with van der Waals surface area (Å²) in [5.41, 5.74) is 1.10. The molecule has 1 N–H and O–H groups in total. The van der Waals surface area contributed by atoms with Gasteiger partial charge in [-0.2, -0.15) is 0 Å². The van der Waals surface area contributed by atoms with E-state index in [0.29, 0.717) is 5.02 Å². The lowest BCUT2D eigenvalue weighted by Gasteiger charge is -2.27. The maximum atomic E-state index is 9.56. The van der Waals surface area contributed by atoms with Crippen LogP contribution in [0.15, 0.2) is 18.2 Å². The summed E-state index contributed by atoms with van der Waals surface area (Å²) < 4.78 is 0. The van der Waals surface area contributed by atoms with Crippen LogP contribution < -0.4 is 0 Å². The summed E-state index contributed by atoms with van der Waals surface area (Å²) in [4.78, 5) is 0. The van der Waals surface area contributed by atoms with E-state index in [4.69, 9.17) is 23.2 Å². The molecule has 1 nitrogen and oxygen atoms in total. The van der Waals surface area contributed by atoms with Crippen LogP contribution in [0.1, 0.15) is 31.2 Å². The third kappa shape index (κ3) is 2.53. The van der Waals surface area contributed by atoms with Crippen molar-refractivity contribution in [3.63, 3.8) is 0 Å². The van der Waals surface area contributed by atoms with Crippen LogP contribution in [-0.4, -0.2) is 11.7 Å². The lowest BCUT2D eigenvalue weighted by atomic mass is 9.81. The van der Waals surface area contributed by atoms with Gasteiger partial charge in [0.2, 0.25) is 0 Å². The summed E-state index contributed by atoms with van der Waals surface area (Å²) in [6.45, 7) is 0.246. The van der Waals surface area contributed by atoms with Gasteiger partial charge in [0.1, 0.15) is 0 Å². The van der Waals surface area contributed by atoms with Gasteiger partial charge in [0.05, 0.1) is 0 Å². The zero-order chi connectivity index (χ0) is 11.6. The van der Waals surface area contributed by atoms with Crippen molar-refractivity contribution in [2.24, 2.45) is 5.41 Å². The fourth-order valence-electron chi connectivity index (χ4n) is 2.60. The van der Waals surface area contributed by atoms with Crippen LogP contribution in [0.2, 0.25) is 10.0 Å². The number of rotatable bonds is 3. The van der Waals surface area contributed by atoms with Crippen molar-refractivity contribution in [3.8, 4) is 0 Å². The van der Waals surface area contributed by atoms with E-state index in [-0.39, 0.29) is 12.0 Å². The molecule has 0 unspecified atom stereocenters. The van der Waals surface area contributed by atoms with Crippen LogP contribution in [0.5, 0.6) is 0 Å². The molecule has 0 spiro atoms. The Bertz CT molecular complexity index is 370. The minimum absolute atomic E-state index is 0.0360. The van der Waals surface area contributed by atoms with Crippen molar-refractivity contribution in [3.05, 3.63) is 33.8 Å². The van der Waals surface area contributed by atoms with Crippen molar-refractivity contribution in [1.29, 1.82) is 0 Å². The molecule has 1 saturated carbocycles. The maximum Gasteiger partial charge on any atom is 0.0490 e. The van der Waals surface area contributed by atoms with Gasteiger partial charge in [-0.15, -0.1) is 0 Å². The zero-order valence-corrected chi connectivity index (χ0v) is 10.7. The third-order valence-corrected chi connectivity index (χ3v) is 4.18. The molecule has 0 amide bonds. The van der Waals surface area contributed by atoms with Crippen LogP contribution in [-0.2, 0) is 6.42 Å². The minimum Gasteiger partial charge on any atom is -0.396 e. The van der Waals surface area contributed by atoms with E-state index in [1.165, 1.54) is 12.8 Å². The number of hydrogen-bond acceptors (Lipinski definition) is 1. The first-order valence-corrected chi connectivity index (χ1v) is 6.46. The molecule has 3 heteroatoms. The first-order chi connectivity index (χ1) is 7.65. The van der Waals surface area contributed by atoms with Crippen molar-refractivity contribution < 1.29 is 5.11 Å². The molecule has 16 heavy (non-hydrogen) atoms. The molecule has 2 rings (SSSR count). The second-order valence-corrected chi connectivity index (χ2v) is 5.62. The molecule has 1 aliphatic carbocycles. The number of aliphatic hydroxyl groups is 1. The van der Waals surface area contributed by atoms with Gasteiger partial charge >= 0.3 is 0 Å². The highest BCUT2D eigenvalue weighted by molar-refractivity contribution is 6.33. The van der Waals surface area contributed by atoms with Crippen molar-refractivity contribution >= 4 is 23.2 Å². The van der Waals surface area contributed by atoms with Gasteiger partial charge in [-0.1, -0.05) is 36.0 Å². The highest BCUT2D eigenvalue weighted by Crippen LogP contribution is 2.41. The largest absolute Gasteiger partial charge is 0.396 e. The molecule has 0 heterocycles. The SMILES string of the molecule is OCC1(Cc2cc(Cl)ccc2Cl)CCCC1. The van der Waals surface area contributed by atoms with Crippen LogP contribution in [0.25, 0.3) is 0 Å². The van der Waals surface area contributed by atoms with E-state index in [2.05, 4.69) is 0 Å². The van der Waals surface area contributed by atoms with Gasteiger partial charge in [-0.05, 0) is 48.4 Å². The summed E-state index contributed by atoms with van der Waals surface area (Å²) in [6.07, 6.45) is 5.43. The van der Waals surface area contributed by atoms with Gasteiger partial charge in [-0.25, -0.2) is 0 Å². The molecule has 88 valence electrons. The summed E-state index contributed by atoms with van der Waals surface area (Å²) >= 11 is 12.1. The Balaban J connectivity index is 2.21. The standard InChI is InChI=1S/C13H16Cl2O/c14-11-3-4-12(15)10(7-11)8-13(9-16)5-1-2-6-13/h3-4,7,16H,1-2,5-6,8-9H2. The fraction of sp³-hybridized carbons (Fsp3) is 0.538. The molecule has 0 bridgehead atoms. The monoisotopic (exact) mass is 258 g/mol. The Morgan fingerprint density at radius 2 is 1.88 bits per heavy atom. The predicted octanol–water partition coefficient (Wildman–Crippen LogP) is 4.09. The lowest BCUT2D eigenvalue weighted by molar-refractivity contribution is 0.130. The number of benzene rings is 1. The Morgan fingerprint density at radius 1 is 1.19 bits per heavy atom. The summed E-state index contributed by atoms with van der Waals surface area (Å²) in [5, 5.41) is 11.0. The number of halogens is 2. The van der Waals surface area contributed by atoms with Crippen LogP contribution >= 0.6 is 23.2 Å². The molecular weight excluding hydrogens is 243 g/mol. The molecule has 1 aliphatic rings. The Morgan fingerprint density at radius 3 is 2.50 bits per heavy atom. The predicted molar refractivity (Wildman–Crippen MR) is 68.2 cm³/mol. The van der Waals surface area contributed by atoms with E-state index >= 15 is 0 Å². The maximum absolute atomic E-state index is 9.56. The summed E-state index contributed by atoms with van der Waals surface area (Å²) in [5.74, 6) is 0. The molecule has 0 saturated heterocycles. The number of hydrogen-bond donors (Lipinski definition) is 1. The molecule has 1 fully saturated rings. The topological polar surface area (TPSA) is 20.2 Å². The zero-order valence-electron chi connectivity index (χ0n) is 9.18. The summed E-state index contributed by atoms with van der Waals surface area (Å²) in [7, 11) is 0. The van der Waals surface area contributed by atoms with E-state index in [1.54, 1.807) is 6.07 Å². The highest BCUT2D eigenvalue weighted by Gasteiger charge is 2.33. The van der Waals surface area contributed by atoms with Crippen LogP contribution in [0, 0.1) is 5.41 Å². The minimum atomic E-state index is 0.0360. The van der Waals surface area contributed by atoms with Crippen LogP contribution in [0.3, 0.4) is 0 Å². The fourth-order valence-corrected chi connectivity index (χ4v) is 2.98. The van der Waals surface area contributed by atoms with Crippen LogP contribution in [0.4, 0.5) is 0 Å². The molecule has 0 radical (unpaired) electrons. The molecule has 0 aromatic heterocycles. The van der Waals surface area contributed by atoms with Gasteiger partial charge in [-0.3, -0.25) is 0 Å². The lowest BCUT2D eigenvalue weighted by Crippen LogP contribution is -2.24. The van der Waals surface area contributed by atoms with E-state index in [9.17, 15) is 5.11 Å². The number of aliphatic hydroxyl groups excluding tert-OH is 1.